The van der Waals surface area contributed by atoms with Crippen molar-refractivity contribution in [2.45, 2.75) is 36.6 Å². The summed E-state index contributed by atoms with van der Waals surface area (Å²) in [5.74, 6) is -1.11. The van der Waals surface area contributed by atoms with Gasteiger partial charge in [-0.05, 0) is 31.1 Å². The zero-order valence-corrected chi connectivity index (χ0v) is 12.3. The van der Waals surface area contributed by atoms with E-state index in [1.54, 1.807) is 0 Å². The molecule has 0 saturated heterocycles. The summed E-state index contributed by atoms with van der Waals surface area (Å²) >= 11 is 0. The monoisotopic (exact) mass is 307 g/mol. The van der Waals surface area contributed by atoms with Crippen LogP contribution in [0.2, 0.25) is 0 Å². The van der Waals surface area contributed by atoms with Crippen molar-refractivity contribution in [1.29, 1.82) is 0 Å². The van der Waals surface area contributed by atoms with E-state index >= 15 is 0 Å². The Hall–Kier alpha value is -1.66. The lowest BCUT2D eigenvalue weighted by Crippen LogP contribution is -2.29. The molecule has 0 atom stereocenters. The number of sulfone groups is 1. The van der Waals surface area contributed by atoms with E-state index in [4.69, 9.17) is 5.11 Å². The summed E-state index contributed by atoms with van der Waals surface area (Å²) in [4.78, 5) is 11.6. The second-order valence-electron chi connectivity index (χ2n) is 5.50. The van der Waals surface area contributed by atoms with Crippen LogP contribution in [-0.2, 0) is 9.84 Å². The van der Waals surface area contributed by atoms with E-state index in [1.165, 1.54) is 37.1 Å². The summed E-state index contributed by atoms with van der Waals surface area (Å²) in [6, 6.07) is 4.74. The highest BCUT2D eigenvalue weighted by Crippen LogP contribution is 2.34. The molecule has 0 unspecified atom stereocenters. The number of carboxylic acid groups (broad SMARTS) is 1. The maximum absolute atomic E-state index is 12.5. The van der Waals surface area contributed by atoms with Crippen LogP contribution in [0.3, 0.4) is 0 Å². The maximum atomic E-state index is 12.5. The smallest absolute Gasteiger partial charge is 0.336 e. The SMILES string of the molecule is O=C(O)c1cccc2c1C=C(CNC1CCCC1)S2(=O)=O. The van der Waals surface area contributed by atoms with Crippen molar-refractivity contribution in [3.05, 3.63) is 34.2 Å². The quantitative estimate of drug-likeness (QED) is 0.889. The molecule has 0 aromatic heterocycles. The van der Waals surface area contributed by atoms with Crippen molar-refractivity contribution >= 4 is 21.9 Å². The zero-order valence-electron chi connectivity index (χ0n) is 11.5. The van der Waals surface area contributed by atoms with Gasteiger partial charge in [-0.3, -0.25) is 0 Å². The van der Waals surface area contributed by atoms with Gasteiger partial charge in [0.2, 0.25) is 9.84 Å². The Labute approximate surface area is 123 Å². The van der Waals surface area contributed by atoms with Gasteiger partial charge in [0.1, 0.15) is 0 Å². The summed E-state index contributed by atoms with van der Waals surface area (Å²) in [6.07, 6.45) is 5.98. The molecule has 2 N–H and O–H groups in total. The van der Waals surface area contributed by atoms with Crippen molar-refractivity contribution in [2.75, 3.05) is 6.54 Å². The Morgan fingerprint density at radius 2 is 2.00 bits per heavy atom. The lowest BCUT2D eigenvalue weighted by atomic mass is 10.1. The van der Waals surface area contributed by atoms with E-state index in [9.17, 15) is 13.2 Å². The topological polar surface area (TPSA) is 83.5 Å². The molecule has 0 amide bonds. The van der Waals surface area contributed by atoms with Crippen LogP contribution in [0.15, 0.2) is 28.0 Å². The number of aromatic carboxylic acids is 1. The lowest BCUT2D eigenvalue weighted by Gasteiger charge is -2.12. The van der Waals surface area contributed by atoms with Crippen molar-refractivity contribution < 1.29 is 18.3 Å². The highest BCUT2D eigenvalue weighted by Gasteiger charge is 2.32. The molecule has 0 spiro atoms. The molecule has 1 aromatic rings. The Balaban J connectivity index is 1.90. The van der Waals surface area contributed by atoms with Crippen LogP contribution >= 0.6 is 0 Å². The fourth-order valence-electron chi connectivity index (χ4n) is 3.01. The molecule has 6 heteroatoms. The third-order valence-corrected chi connectivity index (χ3v) is 6.04. The first-order valence-corrected chi connectivity index (χ1v) is 8.54. The molecule has 5 nitrogen and oxygen atoms in total. The van der Waals surface area contributed by atoms with Gasteiger partial charge in [-0.15, -0.1) is 0 Å². The van der Waals surface area contributed by atoms with E-state index in [2.05, 4.69) is 5.32 Å². The van der Waals surface area contributed by atoms with Gasteiger partial charge in [0, 0.05) is 18.2 Å². The highest BCUT2D eigenvalue weighted by molar-refractivity contribution is 7.95. The van der Waals surface area contributed by atoms with E-state index in [0.717, 1.165) is 12.8 Å². The number of hydrogen-bond donors (Lipinski definition) is 2. The number of fused-ring (bicyclic) bond motifs is 1. The minimum Gasteiger partial charge on any atom is -0.478 e. The van der Waals surface area contributed by atoms with Crippen LogP contribution in [0, 0.1) is 0 Å². The van der Waals surface area contributed by atoms with Crippen LogP contribution in [0.5, 0.6) is 0 Å². The normalized spacial score (nSPS) is 20.3. The van der Waals surface area contributed by atoms with Crippen molar-refractivity contribution in [2.24, 2.45) is 0 Å². The van der Waals surface area contributed by atoms with Gasteiger partial charge in [-0.25, -0.2) is 13.2 Å². The van der Waals surface area contributed by atoms with Gasteiger partial charge in [0.05, 0.1) is 15.4 Å². The van der Waals surface area contributed by atoms with E-state index in [-0.39, 0.29) is 21.9 Å². The number of rotatable bonds is 4. The molecule has 1 aliphatic heterocycles. The minimum atomic E-state index is -3.56. The van der Waals surface area contributed by atoms with Gasteiger partial charge >= 0.3 is 5.97 Å². The van der Waals surface area contributed by atoms with Gasteiger partial charge in [0.15, 0.2) is 0 Å². The molecule has 2 aliphatic rings. The molecule has 1 heterocycles. The van der Waals surface area contributed by atoms with Gasteiger partial charge in [0.25, 0.3) is 0 Å². The van der Waals surface area contributed by atoms with Crippen molar-refractivity contribution in [3.8, 4) is 0 Å². The van der Waals surface area contributed by atoms with Crippen LogP contribution in [-0.4, -0.2) is 32.1 Å². The molecule has 3 rings (SSSR count). The van der Waals surface area contributed by atoms with E-state index in [1.807, 2.05) is 0 Å². The standard InChI is InChI=1S/C15H17NO4S/c17-15(18)12-6-3-7-14-13(12)8-11(21(14,19)20)9-16-10-4-1-2-5-10/h3,6-8,10,16H,1-2,4-5,9H2,(H,17,18). The summed E-state index contributed by atoms with van der Waals surface area (Å²) < 4.78 is 24.9. The minimum absolute atomic E-state index is 0.0342. The van der Waals surface area contributed by atoms with Crippen LogP contribution in [0.4, 0.5) is 0 Å². The predicted octanol–water partition coefficient (Wildman–Crippen LogP) is 2.05. The van der Waals surface area contributed by atoms with Gasteiger partial charge < -0.3 is 10.4 Å². The first kappa shape index (κ1) is 14.3. The summed E-state index contributed by atoms with van der Waals surface area (Å²) in [6.45, 7) is 0.265. The van der Waals surface area contributed by atoms with Crippen molar-refractivity contribution in [1.82, 2.24) is 5.32 Å². The van der Waals surface area contributed by atoms with E-state index in [0.29, 0.717) is 11.6 Å². The molecule has 21 heavy (non-hydrogen) atoms. The van der Waals surface area contributed by atoms with E-state index < -0.39 is 15.8 Å². The zero-order chi connectivity index (χ0) is 15.0. The summed E-state index contributed by atoms with van der Waals surface area (Å²) in [7, 11) is -3.56. The Kier molecular flexibility index (Phi) is 3.59. The molecule has 0 bridgehead atoms. The Morgan fingerprint density at radius 1 is 1.29 bits per heavy atom. The van der Waals surface area contributed by atoms with Gasteiger partial charge in [-0.2, -0.15) is 0 Å². The number of carboxylic acids is 1. The molecule has 1 saturated carbocycles. The van der Waals surface area contributed by atoms with Crippen LogP contribution in [0.25, 0.3) is 6.08 Å². The average molecular weight is 307 g/mol. The molecule has 1 aromatic carbocycles. The third kappa shape index (κ3) is 2.49. The first-order chi connectivity index (χ1) is 10.00. The molecule has 1 aliphatic carbocycles. The van der Waals surface area contributed by atoms with Gasteiger partial charge in [-0.1, -0.05) is 18.9 Å². The lowest BCUT2D eigenvalue weighted by molar-refractivity contribution is 0.0696. The van der Waals surface area contributed by atoms with Crippen molar-refractivity contribution in [3.63, 3.8) is 0 Å². The number of nitrogens with one attached hydrogen (secondary N) is 1. The second kappa shape index (κ2) is 5.27. The number of hydrogen-bond acceptors (Lipinski definition) is 4. The molecule has 0 radical (unpaired) electrons. The average Bonchev–Trinajstić information content (AvgIpc) is 3.03. The fourth-order valence-corrected chi connectivity index (χ4v) is 4.56. The molecule has 112 valence electrons. The predicted molar refractivity (Wildman–Crippen MR) is 78.8 cm³/mol. The maximum Gasteiger partial charge on any atom is 0.336 e. The second-order valence-corrected chi connectivity index (χ2v) is 7.47. The fraction of sp³-hybridized carbons (Fsp3) is 0.400. The highest BCUT2D eigenvalue weighted by atomic mass is 32.2. The molecular formula is C15H17NO4S. The summed E-state index contributed by atoms with van der Waals surface area (Å²) in [5.41, 5.74) is 0.333. The number of benzene rings is 1. The Bertz CT molecular complexity index is 715. The molecular weight excluding hydrogens is 290 g/mol. The largest absolute Gasteiger partial charge is 0.478 e. The first-order valence-electron chi connectivity index (χ1n) is 7.05. The van der Waals surface area contributed by atoms with Crippen LogP contribution < -0.4 is 5.32 Å². The third-order valence-electron chi connectivity index (χ3n) is 4.16. The number of carbonyl (C=O) groups is 1. The summed E-state index contributed by atoms with van der Waals surface area (Å²) in [5, 5.41) is 12.4. The molecule has 1 fully saturated rings. The Morgan fingerprint density at radius 3 is 2.67 bits per heavy atom. The van der Waals surface area contributed by atoms with Crippen LogP contribution in [0.1, 0.15) is 41.6 Å².